The third-order valence-electron chi connectivity index (χ3n) is 3.47. The molecule has 0 aliphatic carbocycles. The third-order valence-corrected chi connectivity index (χ3v) is 4.33. The highest BCUT2D eigenvalue weighted by molar-refractivity contribution is 7.09. The zero-order chi connectivity index (χ0) is 16.7. The summed E-state index contributed by atoms with van der Waals surface area (Å²) in [6.45, 7) is 3.28. The van der Waals surface area contributed by atoms with Crippen molar-refractivity contribution in [1.82, 2.24) is 4.90 Å². The van der Waals surface area contributed by atoms with Gasteiger partial charge in [0.2, 0.25) is 5.91 Å². The van der Waals surface area contributed by atoms with Crippen LogP contribution < -0.4 is 9.47 Å². The molecule has 1 heterocycles. The van der Waals surface area contributed by atoms with Crippen molar-refractivity contribution in [2.75, 3.05) is 20.8 Å². The smallest absolute Gasteiger partial charge is 0.246 e. The number of nitrogens with zero attached hydrogens (tertiary/aromatic N) is 1. The lowest BCUT2D eigenvalue weighted by molar-refractivity contribution is -0.126. The SMILES string of the molecule is CCN(Cc1cccs1)C(=O)C=Cc1ccc(OC)cc1OC. The molecule has 122 valence electrons. The summed E-state index contributed by atoms with van der Waals surface area (Å²) in [5.41, 5.74) is 0.842. The van der Waals surface area contributed by atoms with Crippen LogP contribution in [0.25, 0.3) is 6.08 Å². The molecule has 0 unspecified atom stereocenters. The molecule has 1 amide bonds. The van der Waals surface area contributed by atoms with E-state index in [1.54, 1.807) is 48.7 Å². The molecule has 0 saturated heterocycles. The highest BCUT2D eigenvalue weighted by Gasteiger charge is 2.10. The number of ether oxygens (including phenoxy) is 2. The predicted octanol–water partition coefficient (Wildman–Crippen LogP) is 3.83. The van der Waals surface area contributed by atoms with Gasteiger partial charge in [-0.2, -0.15) is 0 Å². The van der Waals surface area contributed by atoms with Gasteiger partial charge in [-0.1, -0.05) is 6.07 Å². The third kappa shape index (κ3) is 4.60. The van der Waals surface area contributed by atoms with Gasteiger partial charge in [-0.05, 0) is 36.6 Å². The zero-order valence-corrected chi connectivity index (χ0v) is 14.4. The Labute approximate surface area is 141 Å². The van der Waals surface area contributed by atoms with E-state index in [4.69, 9.17) is 9.47 Å². The monoisotopic (exact) mass is 331 g/mol. The predicted molar refractivity (Wildman–Crippen MR) is 94.0 cm³/mol. The topological polar surface area (TPSA) is 38.8 Å². The molecule has 0 radical (unpaired) electrons. The van der Waals surface area contributed by atoms with Crippen LogP contribution in [-0.4, -0.2) is 31.6 Å². The summed E-state index contributed by atoms with van der Waals surface area (Å²) in [7, 11) is 3.21. The van der Waals surface area contributed by atoms with E-state index in [1.165, 1.54) is 4.88 Å². The van der Waals surface area contributed by atoms with E-state index in [0.29, 0.717) is 18.8 Å². The lowest BCUT2D eigenvalue weighted by Gasteiger charge is -2.18. The molecule has 0 N–H and O–H groups in total. The van der Waals surface area contributed by atoms with Crippen molar-refractivity contribution < 1.29 is 14.3 Å². The minimum atomic E-state index is -0.0150. The average Bonchev–Trinajstić information content (AvgIpc) is 3.10. The van der Waals surface area contributed by atoms with Gasteiger partial charge in [-0.3, -0.25) is 4.79 Å². The van der Waals surface area contributed by atoms with Gasteiger partial charge in [0.05, 0.1) is 20.8 Å². The van der Waals surface area contributed by atoms with Crippen molar-refractivity contribution >= 4 is 23.3 Å². The number of benzene rings is 1. The number of amides is 1. The summed E-state index contributed by atoms with van der Waals surface area (Å²) in [5.74, 6) is 1.38. The summed E-state index contributed by atoms with van der Waals surface area (Å²) in [6.07, 6.45) is 3.36. The first-order valence-corrected chi connectivity index (χ1v) is 8.27. The van der Waals surface area contributed by atoms with Crippen LogP contribution in [0.1, 0.15) is 17.4 Å². The Balaban J connectivity index is 2.10. The maximum Gasteiger partial charge on any atom is 0.246 e. The van der Waals surface area contributed by atoms with Gasteiger partial charge >= 0.3 is 0 Å². The Bertz CT molecular complexity index is 665. The molecule has 4 nitrogen and oxygen atoms in total. The molecule has 0 saturated carbocycles. The number of rotatable bonds is 7. The molecule has 0 bridgehead atoms. The minimum Gasteiger partial charge on any atom is -0.497 e. The normalized spacial score (nSPS) is 10.7. The summed E-state index contributed by atoms with van der Waals surface area (Å²) >= 11 is 1.66. The van der Waals surface area contributed by atoms with Crippen molar-refractivity contribution in [2.24, 2.45) is 0 Å². The van der Waals surface area contributed by atoms with Crippen molar-refractivity contribution in [3.63, 3.8) is 0 Å². The fourth-order valence-electron chi connectivity index (χ4n) is 2.16. The molecule has 0 spiro atoms. The quantitative estimate of drug-likeness (QED) is 0.724. The van der Waals surface area contributed by atoms with Gasteiger partial charge in [0.25, 0.3) is 0 Å². The Kier molecular flexibility index (Phi) is 6.23. The standard InChI is InChI=1S/C18H21NO3S/c1-4-19(13-16-6-5-11-23-16)18(20)10-8-14-7-9-15(21-2)12-17(14)22-3/h5-12H,4,13H2,1-3H3. The lowest BCUT2D eigenvalue weighted by atomic mass is 10.1. The van der Waals surface area contributed by atoms with Gasteiger partial charge in [-0.15, -0.1) is 11.3 Å². The van der Waals surface area contributed by atoms with E-state index in [-0.39, 0.29) is 5.91 Å². The molecule has 5 heteroatoms. The van der Waals surface area contributed by atoms with Crippen molar-refractivity contribution in [2.45, 2.75) is 13.5 Å². The second kappa shape index (κ2) is 8.39. The van der Waals surface area contributed by atoms with Gasteiger partial charge in [0.15, 0.2) is 0 Å². The molecular weight excluding hydrogens is 310 g/mol. The number of likely N-dealkylation sites (N-methyl/N-ethyl adjacent to an activating group) is 1. The van der Waals surface area contributed by atoms with Gasteiger partial charge in [0.1, 0.15) is 11.5 Å². The number of hydrogen-bond donors (Lipinski definition) is 0. The number of thiophene rings is 1. The van der Waals surface area contributed by atoms with Gasteiger partial charge in [0, 0.05) is 29.1 Å². The van der Waals surface area contributed by atoms with E-state index in [0.717, 1.165) is 11.3 Å². The summed E-state index contributed by atoms with van der Waals surface area (Å²) in [4.78, 5) is 15.4. The fourth-order valence-corrected chi connectivity index (χ4v) is 2.88. The molecule has 0 aliphatic heterocycles. The number of hydrogen-bond acceptors (Lipinski definition) is 4. The van der Waals surface area contributed by atoms with E-state index >= 15 is 0 Å². The Morgan fingerprint density at radius 2 is 2.09 bits per heavy atom. The van der Waals surface area contributed by atoms with E-state index in [2.05, 4.69) is 0 Å². The first-order valence-electron chi connectivity index (χ1n) is 7.39. The number of methoxy groups -OCH3 is 2. The summed E-state index contributed by atoms with van der Waals surface area (Å²) in [5, 5.41) is 2.02. The van der Waals surface area contributed by atoms with Crippen molar-refractivity contribution in [3.05, 3.63) is 52.2 Å². The first kappa shape index (κ1) is 17.1. The average molecular weight is 331 g/mol. The highest BCUT2D eigenvalue weighted by Crippen LogP contribution is 2.25. The maximum absolute atomic E-state index is 12.4. The lowest BCUT2D eigenvalue weighted by Crippen LogP contribution is -2.28. The second-order valence-electron chi connectivity index (χ2n) is 4.87. The molecule has 0 atom stereocenters. The zero-order valence-electron chi connectivity index (χ0n) is 13.6. The molecule has 2 aromatic rings. The van der Waals surface area contributed by atoms with Crippen LogP contribution in [-0.2, 0) is 11.3 Å². The maximum atomic E-state index is 12.4. The molecule has 23 heavy (non-hydrogen) atoms. The summed E-state index contributed by atoms with van der Waals surface area (Å²) < 4.78 is 10.5. The van der Waals surface area contributed by atoms with Crippen LogP contribution in [0.15, 0.2) is 41.8 Å². The molecular formula is C18H21NO3S. The Hall–Kier alpha value is -2.27. The summed E-state index contributed by atoms with van der Waals surface area (Å²) in [6, 6.07) is 9.55. The van der Waals surface area contributed by atoms with Crippen molar-refractivity contribution in [1.29, 1.82) is 0 Å². The number of carbonyl (C=O) groups is 1. The second-order valence-corrected chi connectivity index (χ2v) is 5.91. The van der Waals surface area contributed by atoms with Crippen LogP contribution >= 0.6 is 11.3 Å². The minimum absolute atomic E-state index is 0.0150. The Morgan fingerprint density at radius 3 is 2.70 bits per heavy atom. The number of carbonyl (C=O) groups excluding carboxylic acids is 1. The van der Waals surface area contributed by atoms with Crippen LogP contribution in [0.4, 0.5) is 0 Å². The highest BCUT2D eigenvalue weighted by atomic mass is 32.1. The van der Waals surface area contributed by atoms with Gasteiger partial charge < -0.3 is 14.4 Å². The van der Waals surface area contributed by atoms with E-state index in [9.17, 15) is 4.79 Å². The Morgan fingerprint density at radius 1 is 1.26 bits per heavy atom. The molecule has 1 aromatic heterocycles. The van der Waals surface area contributed by atoms with Crippen LogP contribution in [0.2, 0.25) is 0 Å². The van der Waals surface area contributed by atoms with Crippen LogP contribution in [0.3, 0.4) is 0 Å². The first-order chi connectivity index (χ1) is 11.2. The van der Waals surface area contributed by atoms with Gasteiger partial charge in [-0.25, -0.2) is 0 Å². The molecule has 2 rings (SSSR count). The van der Waals surface area contributed by atoms with Crippen LogP contribution in [0.5, 0.6) is 11.5 Å². The fraction of sp³-hybridized carbons (Fsp3) is 0.278. The molecule has 0 fully saturated rings. The molecule has 1 aromatic carbocycles. The largest absolute Gasteiger partial charge is 0.497 e. The van der Waals surface area contributed by atoms with Crippen LogP contribution in [0, 0.1) is 0 Å². The van der Waals surface area contributed by atoms with E-state index < -0.39 is 0 Å². The molecule has 0 aliphatic rings. The van der Waals surface area contributed by atoms with E-state index in [1.807, 2.05) is 36.6 Å². The van der Waals surface area contributed by atoms with Crippen molar-refractivity contribution in [3.8, 4) is 11.5 Å².